The van der Waals surface area contributed by atoms with Gasteiger partial charge < -0.3 is 14.4 Å². The van der Waals surface area contributed by atoms with Crippen molar-refractivity contribution in [2.24, 2.45) is 0 Å². The summed E-state index contributed by atoms with van der Waals surface area (Å²) in [5, 5.41) is 12.6. The number of rotatable bonds is 5. The molecule has 0 aliphatic rings. The number of benzene rings is 4. The van der Waals surface area contributed by atoms with E-state index in [4.69, 9.17) is 39.2 Å². The quantitative estimate of drug-likeness (QED) is 0.217. The Balaban J connectivity index is 1.33. The highest BCUT2D eigenvalue weighted by Crippen LogP contribution is 2.41. The van der Waals surface area contributed by atoms with Crippen LogP contribution < -0.4 is 0 Å². The molecule has 8 heteroatoms. The minimum Gasteiger partial charge on any atom is -0.416 e. The van der Waals surface area contributed by atoms with Crippen LogP contribution in [0.25, 0.3) is 44.7 Å². The summed E-state index contributed by atoms with van der Waals surface area (Å²) in [6.45, 7) is 0. The molecule has 0 bridgehead atoms. The van der Waals surface area contributed by atoms with E-state index in [2.05, 4.69) is 44.7 Å². The molecule has 7 rings (SSSR count). The molecule has 4 aromatic carbocycles. The Morgan fingerprint density at radius 2 is 1.15 bits per heavy atom. The van der Waals surface area contributed by atoms with Crippen LogP contribution >= 0.6 is 34.8 Å². The molecular formula is C31H19Cl3N4O. The molecule has 3 aromatic heterocycles. The Kier molecular flexibility index (Phi) is 5.93. The van der Waals surface area contributed by atoms with Crippen molar-refractivity contribution in [2.45, 2.75) is 5.92 Å². The number of nitrogens with zero attached hydrogens (tertiary/aromatic N) is 2. The molecule has 0 amide bonds. The second kappa shape index (κ2) is 9.62. The molecule has 5 nitrogen and oxygen atoms in total. The van der Waals surface area contributed by atoms with Gasteiger partial charge in [-0.1, -0.05) is 53.0 Å². The Hall–Kier alpha value is -4.03. The highest BCUT2D eigenvalue weighted by atomic mass is 35.5. The van der Waals surface area contributed by atoms with Crippen LogP contribution in [0.5, 0.6) is 0 Å². The Labute approximate surface area is 238 Å². The number of halogens is 3. The predicted octanol–water partition coefficient (Wildman–Crippen LogP) is 9.51. The molecule has 0 fully saturated rings. The van der Waals surface area contributed by atoms with Crippen molar-refractivity contribution in [3.63, 3.8) is 0 Å². The van der Waals surface area contributed by atoms with Crippen LogP contribution in [-0.4, -0.2) is 20.2 Å². The maximum atomic E-state index is 6.41. The van der Waals surface area contributed by atoms with E-state index >= 15 is 0 Å². The molecule has 39 heavy (non-hydrogen) atoms. The number of hydrogen-bond acceptors (Lipinski definition) is 3. The molecular weight excluding hydrogens is 551 g/mol. The molecule has 0 aliphatic carbocycles. The van der Waals surface area contributed by atoms with Crippen LogP contribution in [0.15, 0.2) is 102 Å². The zero-order chi connectivity index (χ0) is 26.5. The third kappa shape index (κ3) is 4.39. The highest BCUT2D eigenvalue weighted by Gasteiger charge is 2.24. The van der Waals surface area contributed by atoms with Crippen molar-refractivity contribution < 1.29 is 4.42 Å². The predicted molar refractivity (Wildman–Crippen MR) is 158 cm³/mol. The van der Waals surface area contributed by atoms with E-state index in [1.54, 1.807) is 12.1 Å². The first-order valence-electron chi connectivity index (χ1n) is 12.3. The summed E-state index contributed by atoms with van der Waals surface area (Å²) >= 11 is 19.0. The summed E-state index contributed by atoms with van der Waals surface area (Å²) in [4.78, 5) is 6.82. The van der Waals surface area contributed by atoms with E-state index in [9.17, 15) is 0 Å². The van der Waals surface area contributed by atoms with E-state index in [0.29, 0.717) is 26.8 Å². The zero-order valence-corrected chi connectivity index (χ0v) is 22.5. The lowest BCUT2D eigenvalue weighted by atomic mass is 9.84. The van der Waals surface area contributed by atoms with Gasteiger partial charge in [-0.15, -0.1) is 10.2 Å². The standard InChI is InChI=1S/C31H19Cl3N4O/c32-20-3-1-2-19(12-20)31-38-37-30(39-31)18-6-4-17(5-7-18)29(25-15-35-27-10-8-21(33)13-23(25)27)26-16-36-28-11-9-22(34)14-24(26)28/h1-16,29,35-36H. The van der Waals surface area contributed by atoms with Crippen LogP contribution in [0.2, 0.25) is 15.1 Å². The largest absolute Gasteiger partial charge is 0.416 e. The van der Waals surface area contributed by atoms with Gasteiger partial charge in [0.15, 0.2) is 0 Å². The fraction of sp³-hybridized carbons (Fsp3) is 0.0323. The van der Waals surface area contributed by atoms with Crippen molar-refractivity contribution in [3.05, 3.63) is 129 Å². The molecule has 0 radical (unpaired) electrons. The summed E-state index contributed by atoms with van der Waals surface area (Å²) in [6, 6.07) is 27.3. The normalized spacial score (nSPS) is 11.7. The van der Waals surface area contributed by atoms with Crippen molar-refractivity contribution in [1.29, 1.82) is 0 Å². The average Bonchev–Trinajstić information content (AvgIpc) is 3.69. The summed E-state index contributed by atoms with van der Waals surface area (Å²) in [5.74, 6) is 0.759. The fourth-order valence-electron chi connectivity index (χ4n) is 5.13. The van der Waals surface area contributed by atoms with Gasteiger partial charge in [0.05, 0.1) is 0 Å². The second-order valence-corrected chi connectivity index (χ2v) is 10.7. The van der Waals surface area contributed by atoms with Crippen LogP contribution in [0.4, 0.5) is 0 Å². The van der Waals surface area contributed by atoms with Crippen molar-refractivity contribution in [2.75, 3.05) is 0 Å². The molecule has 7 aromatic rings. The first kappa shape index (κ1) is 24.0. The molecule has 0 spiro atoms. The first-order valence-corrected chi connectivity index (χ1v) is 13.4. The van der Waals surface area contributed by atoms with Crippen molar-refractivity contribution >= 4 is 56.6 Å². The number of fused-ring (bicyclic) bond motifs is 2. The first-order chi connectivity index (χ1) is 19.0. The third-order valence-electron chi connectivity index (χ3n) is 6.96. The van der Waals surface area contributed by atoms with Gasteiger partial charge in [0.25, 0.3) is 0 Å². The van der Waals surface area contributed by atoms with Gasteiger partial charge >= 0.3 is 0 Å². The number of H-pyrrole nitrogens is 2. The maximum Gasteiger partial charge on any atom is 0.248 e. The summed E-state index contributed by atoms with van der Waals surface area (Å²) in [5.41, 5.74) is 6.96. The van der Waals surface area contributed by atoms with Crippen molar-refractivity contribution in [1.82, 2.24) is 20.2 Å². The van der Waals surface area contributed by atoms with E-state index in [1.807, 2.05) is 60.7 Å². The van der Waals surface area contributed by atoms with Gasteiger partial charge in [-0.05, 0) is 83.4 Å². The Morgan fingerprint density at radius 1 is 0.590 bits per heavy atom. The van der Waals surface area contributed by atoms with Crippen LogP contribution in [0, 0.1) is 0 Å². The SMILES string of the molecule is Clc1cccc(-c2nnc(-c3ccc(C(c4c[nH]c5ccc(Cl)cc45)c4c[nH]c5ccc(Cl)cc45)cc3)o2)c1. The topological polar surface area (TPSA) is 70.5 Å². The lowest BCUT2D eigenvalue weighted by Gasteiger charge is -2.18. The third-order valence-corrected chi connectivity index (χ3v) is 7.67. The highest BCUT2D eigenvalue weighted by molar-refractivity contribution is 6.32. The van der Waals surface area contributed by atoms with E-state index in [0.717, 1.165) is 49.6 Å². The zero-order valence-electron chi connectivity index (χ0n) is 20.3. The average molecular weight is 570 g/mol. The molecule has 0 unspecified atom stereocenters. The monoisotopic (exact) mass is 568 g/mol. The number of aromatic amines is 2. The Bertz CT molecular complexity index is 1890. The van der Waals surface area contributed by atoms with Gasteiger partial charge in [0.1, 0.15) is 0 Å². The van der Waals surface area contributed by atoms with Gasteiger partial charge in [0, 0.05) is 66.3 Å². The summed E-state index contributed by atoms with van der Waals surface area (Å²) < 4.78 is 5.98. The lowest BCUT2D eigenvalue weighted by molar-refractivity contribution is 0.584. The van der Waals surface area contributed by atoms with Gasteiger partial charge in [-0.3, -0.25) is 0 Å². The molecule has 0 saturated carbocycles. The van der Waals surface area contributed by atoms with E-state index < -0.39 is 0 Å². The number of nitrogens with one attached hydrogen (secondary N) is 2. The van der Waals surface area contributed by atoms with Gasteiger partial charge in [-0.2, -0.15) is 0 Å². The molecule has 2 N–H and O–H groups in total. The Morgan fingerprint density at radius 3 is 1.74 bits per heavy atom. The molecule has 190 valence electrons. The van der Waals surface area contributed by atoms with E-state index in [-0.39, 0.29) is 5.92 Å². The maximum absolute atomic E-state index is 6.41. The molecule has 0 atom stereocenters. The van der Waals surface area contributed by atoms with Crippen LogP contribution in [0.3, 0.4) is 0 Å². The minimum absolute atomic E-state index is 0.0943. The smallest absolute Gasteiger partial charge is 0.248 e. The summed E-state index contributed by atoms with van der Waals surface area (Å²) in [7, 11) is 0. The van der Waals surface area contributed by atoms with Crippen LogP contribution in [-0.2, 0) is 0 Å². The summed E-state index contributed by atoms with van der Waals surface area (Å²) in [6.07, 6.45) is 4.11. The molecule has 3 heterocycles. The molecule has 0 saturated heterocycles. The molecule has 0 aliphatic heterocycles. The van der Waals surface area contributed by atoms with Gasteiger partial charge in [-0.25, -0.2) is 0 Å². The van der Waals surface area contributed by atoms with Crippen LogP contribution in [0.1, 0.15) is 22.6 Å². The lowest BCUT2D eigenvalue weighted by Crippen LogP contribution is -2.02. The van der Waals surface area contributed by atoms with Gasteiger partial charge in [0.2, 0.25) is 11.8 Å². The van der Waals surface area contributed by atoms with Crippen molar-refractivity contribution in [3.8, 4) is 22.9 Å². The fourth-order valence-corrected chi connectivity index (χ4v) is 5.66. The van der Waals surface area contributed by atoms with E-state index in [1.165, 1.54) is 0 Å². The second-order valence-electron chi connectivity index (χ2n) is 9.35. The number of hydrogen-bond donors (Lipinski definition) is 2. The minimum atomic E-state index is -0.0943. The number of aromatic nitrogens is 4.